The van der Waals surface area contributed by atoms with E-state index in [1.54, 1.807) is 0 Å². The highest BCUT2D eigenvalue weighted by Gasteiger charge is 2.48. The van der Waals surface area contributed by atoms with Crippen molar-refractivity contribution < 1.29 is 68.1 Å². The summed E-state index contributed by atoms with van der Waals surface area (Å²) in [6.45, 7) is 2.20. The van der Waals surface area contributed by atoms with Crippen LogP contribution in [-0.2, 0) is 23.4 Å². The number of carbonyl (C=O) groups excluding carboxylic acids is 1. The smallest absolute Gasteiger partial charge is 0.469 e. The van der Waals surface area contributed by atoms with Crippen molar-refractivity contribution in [3.8, 4) is 0 Å². The number of pyridine rings is 1. The molecule has 6 atom stereocenters. The Morgan fingerprint density at radius 2 is 1.62 bits per heavy atom. The molecule has 0 aromatic carbocycles. The summed E-state index contributed by atoms with van der Waals surface area (Å²) in [6.07, 6.45) is -2.68. The van der Waals surface area contributed by atoms with Gasteiger partial charge in [-0.25, -0.2) is 4.57 Å². The lowest BCUT2D eigenvalue weighted by molar-refractivity contribution is -0.765. The molecule has 2 heterocycles. The summed E-state index contributed by atoms with van der Waals surface area (Å²) in [6, 6.07) is 1.19. The fraction of sp³-hybridized carbons (Fsp3) is 0.529. The number of carboxylic acid groups (broad SMARTS) is 3. The van der Waals surface area contributed by atoms with Crippen LogP contribution in [0.15, 0.2) is 24.5 Å². The van der Waals surface area contributed by atoms with Crippen molar-refractivity contribution in [3.05, 3.63) is 30.1 Å². The zero-order valence-electron chi connectivity index (χ0n) is 18.1. The van der Waals surface area contributed by atoms with Crippen molar-refractivity contribution in [1.82, 2.24) is 0 Å². The minimum absolute atomic E-state index is 0.164. The molecule has 1 aliphatic heterocycles. The fourth-order valence-electron chi connectivity index (χ4n) is 2.06. The number of nitrogens with two attached hydrogens (primary N) is 2. The summed E-state index contributed by atoms with van der Waals surface area (Å²) in [5, 5.41) is 46.3. The number of aliphatic carboxylic acids is 2. The summed E-state index contributed by atoms with van der Waals surface area (Å²) in [4.78, 5) is 47.2. The topological polar surface area (TPSA) is 287 Å². The van der Waals surface area contributed by atoms with E-state index in [0.29, 0.717) is 0 Å². The van der Waals surface area contributed by atoms with E-state index < -0.39 is 69.0 Å². The molecule has 1 aliphatic rings. The number of aromatic nitrogens is 1. The molecule has 0 radical (unpaired) electrons. The van der Waals surface area contributed by atoms with Gasteiger partial charge >= 0.3 is 19.8 Å². The number of carboxylic acids is 3. The summed E-state index contributed by atoms with van der Waals surface area (Å²) >= 11 is 0. The quantitative estimate of drug-likeness (QED) is 0.127. The second-order valence-electron chi connectivity index (χ2n) is 6.91. The Balaban J connectivity index is 0.000000750. The second-order valence-corrected chi connectivity index (χ2v) is 8.15. The highest BCUT2D eigenvalue weighted by atomic mass is 31.2. The van der Waals surface area contributed by atoms with E-state index in [0.717, 1.165) is 6.20 Å². The minimum atomic E-state index is -4.74. The lowest BCUT2D eigenvalue weighted by atomic mass is 10.1. The molecule has 194 valence electrons. The molecule has 10 N–H and O–H groups in total. The van der Waals surface area contributed by atoms with E-state index in [9.17, 15) is 34.3 Å². The van der Waals surface area contributed by atoms with Gasteiger partial charge in [0.25, 0.3) is 6.23 Å². The molecule has 16 nitrogen and oxygen atoms in total. The van der Waals surface area contributed by atoms with Crippen LogP contribution in [0.5, 0.6) is 0 Å². The monoisotopic (exact) mass is 513 g/mol. The van der Waals surface area contributed by atoms with E-state index in [2.05, 4.69) is 4.52 Å². The maximum Gasteiger partial charge on any atom is 0.469 e. The fourth-order valence-corrected chi connectivity index (χ4v) is 2.40. The molecule has 34 heavy (non-hydrogen) atoms. The average molecular weight is 513 g/mol. The highest BCUT2D eigenvalue weighted by molar-refractivity contribution is 7.46. The van der Waals surface area contributed by atoms with Crippen molar-refractivity contribution in [2.75, 3.05) is 6.61 Å². The number of carbonyl (C=O) groups is 3. The van der Waals surface area contributed by atoms with E-state index in [4.69, 9.17) is 36.2 Å². The van der Waals surface area contributed by atoms with Gasteiger partial charge in [0.05, 0.1) is 18.1 Å². The third kappa shape index (κ3) is 11.6. The molecule has 2 unspecified atom stereocenters. The minimum Gasteiger partial charge on any atom is -0.545 e. The molecule has 0 spiro atoms. The molecule has 0 aliphatic carbocycles. The van der Waals surface area contributed by atoms with Crippen molar-refractivity contribution in [3.63, 3.8) is 0 Å². The van der Waals surface area contributed by atoms with Crippen LogP contribution >= 0.6 is 7.82 Å². The van der Waals surface area contributed by atoms with Gasteiger partial charge < -0.3 is 56.3 Å². The van der Waals surface area contributed by atoms with Crippen LogP contribution in [0.3, 0.4) is 0 Å². The maximum absolute atomic E-state index is 10.8. The second kappa shape index (κ2) is 14.0. The Hall–Kier alpha value is -2.53. The third-order valence-electron chi connectivity index (χ3n) is 3.87. The number of nitrogens with zero attached hydrogens (tertiary/aromatic N) is 1. The van der Waals surface area contributed by atoms with Gasteiger partial charge in [-0.1, -0.05) is 0 Å². The van der Waals surface area contributed by atoms with Gasteiger partial charge in [-0.3, -0.25) is 14.1 Å². The normalized spacial score (nSPS) is 23.4. The number of phosphoric acid groups is 1. The Bertz CT molecular complexity index is 858. The molecule has 1 aromatic rings. The Morgan fingerprint density at radius 1 is 1.15 bits per heavy atom. The Kier molecular flexibility index (Phi) is 13.0. The van der Waals surface area contributed by atoms with Gasteiger partial charge in [0.15, 0.2) is 18.5 Å². The first-order chi connectivity index (χ1) is 15.5. The zero-order valence-corrected chi connectivity index (χ0v) is 19.0. The number of aliphatic hydroxyl groups excluding tert-OH is 2. The summed E-state index contributed by atoms with van der Waals surface area (Å²) in [5.74, 6) is -3.35. The molecule has 17 heteroatoms. The van der Waals surface area contributed by atoms with Crippen LogP contribution in [0.4, 0.5) is 0 Å². The number of phosphoric ester groups is 1. The van der Waals surface area contributed by atoms with Crippen molar-refractivity contribution in [1.29, 1.82) is 0 Å². The molecule has 0 amide bonds. The average Bonchev–Trinajstić information content (AvgIpc) is 3.01. The molecule has 0 saturated carbocycles. The summed E-state index contributed by atoms with van der Waals surface area (Å²) in [5.41, 5.74) is 9.51. The molecule has 0 bridgehead atoms. The molecule has 1 saturated heterocycles. The van der Waals surface area contributed by atoms with E-state index >= 15 is 0 Å². The largest absolute Gasteiger partial charge is 0.545 e. The lowest BCUT2D eigenvalue weighted by Gasteiger charge is -2.13. The van der Waals surface area contributed by atoms with E-state index in [1.807, 2.05) is 0 Å². The molecule has 1 fully saturated rings. The number of hydrogen-bond donors (Lipinski definition) is 8. The highest BCUT2D eigenvalue weighted by Crippen LogP contribution is 2.37. The first-order valence-corrected chi connectivity index (χ1v) is 10.9. The number of ether oxygens (including phenoxy) is 1. The molecular weight excluding hydrogens is 485 g/mol. The maximum atomic E-state index is 10.8. The Morgan fingerprint density at radius 3 is 2.00 bits per heavy atom. The van der Waals surface area contributed by atoms with Gasteiger partial charge in [-0.15, -0.1) is 0 Å². The number of rotatable bonds is 7. The SMILES string of the molecule is CC(N)C(=O)O.CC(N)C(=O)O.O=C([O-])c1ccc[n+]([C@@H]2O[C@H](COP(=O)(O)O)[C@@H](O)[C@H]2O)c1. The standard InChI is InChI=1S/C11H14NO9P.2C3H7NO2/c13-8-7(5-20-22(17,18)19)21-10(9(8)14)12-3-1-2-6(4-12)11(15)16;2*1-2(4)3(5)6/h1-4,7-10,13-14H,5H2,(H2-,15,16,17,18,19);2*2H,4H2,1H3,(H,5,6)/t7-,8-,9-,10-;;/m1../s1. The number of hydrogen-bond acceptors (Lipinski definition) is 11. The van der Waals surface area contributed by atoms with Crippen molar-refractivity contribution in [2.45, 2.75) is 50.5 Å². The number of aliphatic hydroxyl groups is 2. The lowest BCUT2D eigenvalue weighted by Crippen LogP contribution is -2.46. The first-order valence-electron chi connectivity index (χ1n) is 9.38. The predicted octanol–water partition coefficient (Wildman–Crippen LogP) is -4.10. The predicted molar refractivity (Wildman–Crippen MR) is 107 cm³/mol. The van der Waals surface area contributed by atoms with Gasteiger partial charge in [0, 0.05) is 6.07 Å². The van der Waals surface area contributed by atoms with E-state index in [1.165, 1.54) is 36.7 Å². The third-order valence-corrected chi connectivity index (χ3v) is 4.36. The van der Waals surface area contributed by atoms with Gasteiger partial charge in [0.2, 0.25) is 0 Å². The number of aromatic carboxylic acids is 1. The van der Waals surface area contributed by atoms with Crippen LogP contribution < -0.4 is 21.1 Å². The zero-order chi connectivity index (χ0) is 26.8. The summed E-state index contributed by atoms with van der Waals surface area (Å²) < 4.78 is 21.4. The van der Waals surface area contributed by atoms with Crippen molar-refractivity contribution in [2.24, 2.45) is 11.5 Å². The van der Waals surface area contributed by atoms with E-state index in [-0.39, 0.29) is 5.56 Å². The van der Waals surface area contributed by atoms with Crippen LogP contribution in [0.25, 0.3) is 0 Å². The Labute approximate surface area is 193 Å². The van der Waals surface area contributed by atoms with Gasteiger partial charge in [-0.2, -0.15) is 4.57 Å². The molecular formula is C17H28N3O13P. The van der Waals surface area contributed by atoms with Crippen LogP contribution in [0.2, 0.25) is 0 Å². The van der Waals surface area contributed by atoms with Crippen LogP contribution in [0.1, 0.15) is 30.4 Å². The van der Waals surface area contributed by atoms with Crippen molar-refractivity contribution >= 4 is 25.7 Å². The first kappa shape index (κ1) is 31.5. The van der Waals surface area contributed by atoms with Crippen LogP contribution in [-0.4, -0.2) is 85.1 Å². The summed E-state index contributed by atoms with van der Waals surface area (Å²) in [7, 11) is -4.74. The molecule has 2 rings (SSSR count). The molecule has 1 aromatic heterocycles. The van der Waals surface area contributed by atoms with Gasteiger partial charge in [-0.05, 0) is 19.9 Å². The van der Waals surface area contributed by atoms with Crippen LogP contribution in [0, 0.1) is 0 Å². The van der Waals surface area contributed by atoms with Gasteiger partial charge in [0.1, 0.15) is 24.3 Å².